The highest BCUT2D eigenvalue weighted by Gasteiger charge is 2.24. The van der Waals surface area contributed by atoms with Crippen molar-refractivity contribution in [2.75, 3.05) is 6.61 Å². The van der Waals surface area contributed by atoms with E-state index in [1.807, 2.05) is 13.0 Å². The molecule has 9 heteroatoms. The number of ether oxygens (including phenoxy) is 1. The van der Waals surface area contributed by atoms with E-state index in [9.17, 15) is 9.59 Å². The number of carbonyl (C=O) groups excluding carboxylic acids is 1. The Morgan fingerprint density at radius 3 is 2.66 bits per heavy atom. The van der Waals surface area contributed by atoms with E-state index < -0.39 is 0 Å². The summed E-state index contributed by atoms with van der Waals surface area (Å²) < 4.78 is 7.50. The average molecular weight is 482 g/mol. The molecule has 9 nitrogen and oxygen atoms in total. The Kier molecular flexibility index (Phi) is 7.85. The van der Waals surface area contributed by atoms with Crippen LogP contribution in [0.2, 0.25) is 0 Å². The second kappa shape index (κ2) is 11.0. The summed E-state index contributed by atoms with van der Waals surface area (Å²) in [6, 6.07) is 6.13. The summed E-state index contributed by atoms with van der Waals surface area (Å²) in [4.78, 5) is 32.2. The number of benzene rings is 1. The summed E-state index contributed by atoms with van der Waals surface area (Å²) in [5.41, 5.74) is 5.44. The minimum atomic E-state index is -0.307. The molecule has 1 fully saturated rings. The van der Waals surface area contributed by atoms with Crippen molar-refractivity contribution in [3.05, 3.63) is 39.8 Å². The van der Waals surface area contributed by atoms with Crippen LogP contribution in [-0.4, -0.2) is 37.5 Å². The van der Waals surface area contributed by atoms with Gasteiger partial charge in [0.05, 0.1) is 17.9 Å². The molecule has 0 aliphatic heterocycles. The minimum Gasteiger partial charge on any atom is -0.493 e. The molecule has 35 heavy (non-hydrogen) atoms. The van der Waals surface area contributed by atoms with Crippen molar-refractivity contribution >= 4 is 16.9 Å². The van der Waals surface area contributed by atoms with E-state index in [2.05, 4.69) is 29.1 Å². The number of nitrogens with one attached hydrogen (secondary N) is 2. The molecule has 3 N–H and O–H groups in total. The maximum Gasteiger partial charge on any atom is 0.277 e. The Bertz CT molecular complexity index is 1240. The fraction of sp³-hybridized carbons (Fsp3) is 0.538. The fourth-order valence-electron chi connectivity index (χ4n) is 5.23. The molecular formula is C26H35N5O4. The third-order valence-electron chi connectivity index (χ3n) is 6.94. The summed E-state index contributed by atoms with van der Waals surface area (Å²) in [5, 5.41) is 13.3. The number of fused-ring (bicyclic) bond motifs is 1. The second-order valence-electron chi connectivity index (χ2n) is 9.53. The normalized spacial score (nSPS) is 18.1. The lowest BCUT2D eigenvalue weighted by atomic mass is 9.78. The van der Waals surface area contributed by atoms with E-state index in [0.717, 1.165) is 56.2 Å². The maximum absolute atomic E-state index is 13.0. The number of H-pyrrole nitrogens is 1. The van der Waals surface area contributed by atoms with Crippen molar-refractivity contribution in [3.63, 3.8) is 0 Å². The summed E-state index contributed by atoms with van der Waals surface area (Å²) in [6.07, 6.45) is 7.03. The number of hydrogen-bond acceptors (Lipinski definition) is 6. The lowest BCUT2D eigenvalue weighted by Gasteiger charge is -2.28. The van der Waals surface area contributed by atoms with Crippen LogP contribution in [0.25, 0.3) is 22.4 Å². The van der Waals surface area contributed by atoms with Gasteiger partial charge < -0.3 is 9.72 Å². The smallest absolute Gasteiger partial charge is 0.277 e. The summed E-state index contributed by atoms with van der Waals surface area (Å²) in [6.45, 7) is 4.53. The van der Waals surface area contributed by atoms with E-state index in [4.69, 9.17) is 14.9 Å². The highest BCUT2D eigenvalue weighted by molar-refractivity contribution is 5.80. The predicted molar refractivity (Wildman–Crippen MR) is 133 cm³/mol. The van der Waals surface area contributed by atoms with Gasteiger partial charge in [-0.1, -0.05) is 19.4 Å². The van der Waals surface area contributed by atoms with Crippen LogP contribution in [0.1, 0.15) is 63.6 Å². The number of rotatable bonds is 9. The van der Waals surface area contributed by atoms with Crippen LogP contribution in [0.15, 0.2) is 23.0 Å². The van der Waals surface area contributed by atoms with Crippen molar-refractivity contribution in [2.45, 2.75) is 65.2 Å². The molecule has 0 bridgehead atoms. The molecule has 0 spiro atoms. The van der Waals surface area contributed by atoms with Crippen LogP contribution in [0.4, 0.5) is 0 Å². The SMILES string of the molecule is CCCc1nn(C)c2c(=O)[nH]c(-c3cc(CC4CCC(CC(=O)NO)CC4)ccc3OCC)nc12. The first kappa shape index (κ1) is 24.9. The maximum atomic E-state index is 13.0. The first-order valence-corrected chi connectivity index (χ1v) is 12.6. The van der Waals surface area contributed by atoms with E-state index in [-0.39, 0.29) is 11.5 Å². The molecule has 4 rings (SSSR count). The van der Waals surface area contributed by atoms with Crippen molar-refractivity contribution in [3.8, 4) is 17.1 Å². The number of nitrogens with zero attached hydrogens (tertiary/aromatic N) is 3. The molecule has 1 aliphatic rings. The Balaban J connectivity index is 1.61. The van der Waals surface area contributed by atoms with E-state index in [1.165, 1.54) is 5.56 Å². The monoisotopic (exact) mass is 481 g/mol. The minimum absolute atomic E-state index is 0.208. The van der Waals surface area contributed by atoms with Gasteiger partial charge in [0.2, 0.25) is 5.91 Å². The lowest BCUT2D eigenvalue weighted by Crippen LogP contribution is -2.25. The van der Waals surface area contributed by atoms with Gasteiger partial charge >= 0.3 is 0 Å². The van der Waals surface area contributed by atoms with Crippen LogP contribution in [-0.2, 0) is 24.7 Å². The van der Waals surface area contributed by atoms with Crippen molar-refractivity contribution in [2.24, 2.45) is 18.9 Å². The van der Waals surface area contributed by atoms with E-state index in [1.54, 1.807) is 17.2 Å². The Labute approximate surface area is 204 Å². The molecule has 3 aromatic rings. The van der Waals surface area contributed by atoms with E-state index in [0.29, 0.717) is 47.5 Å². The number of carbonyl (C=O) groups is 1. The van der Waals surface area contributed by atoms with Crippen molar-refractivity contribution in [1.29, 1.82) is 0 Å². The number of hydrogen-bond donors (Lipinski definition) is 3. The van der Waals surface area contributed by atoms with Crippen LogP contribution in [0.5, 0.6) is 5.75 Å². The predicted octanol–water partition coefficient (Wildman–Crippen LogP) is 3.92. The largest absolute Gasteiger partial charge is 0.493 e. The van der Waals surface area contributed by atoms with Gasteiger partial charge in [0, 0.05) is 13.5 Å². The zero-order valence-corrected chi connectivity index (χ0v) is 20.8. The first-order valence-electron chi connectivity index (χ1n) is 12.6. The zero-order valence-electron chi connectivity index (χ0n) is 20.8. The topological polar surface area (TPSA) is 122 Å². The summed E-state index contributed by atoms with van der Waals surface area (Å²) >= 11 is 0. The fourth-order valence-corrected chi connectivity index (χ4v) is 5.23. The lowest BCUT2D eigenvalue weighted by molar-refractivity contribution is -0.130. The van der Waals surface area contributed by atoms with Crippen LogP contribution in [0, 0.1) is 11.8 Å². The first-order chi connectivity index (χ1) is 16.9. The standard InChI is InChI=1S/C26H35N5O4/c1-4-6-20-23-24(31(3)29-20)26(33)28-25(27-23)19-14-18(11-12-21(19)35-5-2)13-16-7-9-17(10-8-16)15-22(32)30-34/h11-12,14,16-17,34H,4-10,13,15H2,1-3H3,(H,30,32)(H,27,28,33). The summed E-state index contributed by atoms with van der Waals surface area (Å²) in [5.74, 6) is 1.74. The van der Waals surface area contributed by atoms with Crippen LogP contribution in [0.3, 0.4) is 0 Å². The van der Waals surface area contributed by atoms with Gasteiger partial charge in [0.1, 0.15) is 17.1 Å². The van der Waals surface area contributed by atoms with Crippen LogP contribution >= 0.6 is 0 Å². The molecule has 1 amide bonds. The van der Waals surface area contributed by atoms with E-state index >= 15 is 0 Å². The zero-order chi connectivity index (χ0) is 24.9. The van der Waals surface area contributed by atoms with Gasteiger partial charge in [-0.3, -0.25) is 19.5 Å². The molecule has 0 radical (unpaired) electrons. The molecule has 2 heterocycles. The molecule has 1 aliphatic carbocycles. The highest BCUT2D eigenvalue weighted by Crippen LogP contribution is 2.35. The van der Waals surface area contributed by atoms with Gasteiger partial charge in [0.15, 0.2) is 5.52 Å². The van der Waals surface area contributed by atoms with Crippen molar-refractivity contribution in [1.82, 2.24) is 25.2 Å². The molecular weight excluding hydrogens is 446 g/mol. The number of aromatic amines is 1. The summed E-state index contributed by atoms with van der Waals surface area (Å²) in [7, 11) is 1.77. The van der Waals surface area contributed by atoms with Gasteiger partial charge in [-0.2, -0.15) is 5.10 Å². The second-order valence-corrected chi connectivity index (χ2v) is 9.53. The number of aromatic nitrogens is 4. The number of aryl methyl sites for hydroxylation is 2. The van der Waals surface area contributed by atoms with Gasteiger partial charge in [-0.05, 0) is 75.0 Å². The molecule has 1 aromatic carbocycles. The van der Waals surface area contributed by atoms with Gasteiger partial charge in [-0.25, -0.2) is 10.5 Å². The highest BCUT2D eigenvalue weighted by atomic mass is 16.5. The molecule has 188 valence electrons. The molecule has 2 aromatic heterocycles. The third kappa shape index (κ3) is 5.56. The molecule has 0 saturated heterocycles. The Hall–Kier alpha value is -3.20. The van der Waals surface area contributed by atoms with Crippen molar-refractivity contribution < 1.29 is 14.7 Å². The van der Waals surface area contributed by atoms with Gasteiger partial charge in [-0.15, -0.1) is 0 Å². The third-order valence-corrected chi connectivity index (χ3v) is 6.94. The number of amides is 1. The Morgan fingerprint density at radius 1 is 1.23 bits per heavy atom. The average Bonchev–Trinajstić information content (AvgIpc) is 3.17. The Morgan fingerprint density at radius 2 is 1.97 bits per heavy atom. The van der Waals surface area contributed by atoms with Gasteiger partial charge in [0.25, 0.3) is 5.56 Å². The molecule has 0 atom stereocenters. The quantitative estimate of drug-likeness (QED) is 0.315. The molecule has 1 saturated carbocycles. The number of hydroxylamine groups is 1. The molecule has 0 unspecified atom stereocenters. The van der Waals surface area contributed by atoms with Crippen LogP contribution < -0.4 is 15.8 Å².